The summed E-state index contributed by atoms with van der Waals surface area (Å²) in [7, 11) is -3.81. The predicted octanol–water partition coefficient (Wildman–Crippen LogP) is 4.20. The Kier molecular flexibility index (Phi) is 8.75. The number of amides is 2. The van der Waals surface area contributed by atoms with Gasteiger partial charge in [0.1, 0.15) is 12.6 Å². The summed E-state index contributed by atoms with van der Waals surface area (Å²) in [5.41, 5.74) is 1.19. The number of anilines is 1. The van der Waals surface area contributed by atoms with Gasteiger partial charge in [0, 0.05) is 23.5 Å². The summed E-state index contributed by atoms with van der Waals surface area (Å²) < 4.78 is 26.8. The van der Waals surface area contributed by atoms with Gasteiger partial charge in [0.15, 0.2) is 0 Å². The quantitative estimate of drug-likeness (QED) is 0.438. The molecular formula is C26H30ClN3O4S. The molecule has 1 N–H and O–H groups in total. The van der Waals surface area contributed by atoms with Crippen LogP contribution in [0.15, 0.2) is 66.7 Å². The number of hydrogen-bond acceptors (Lipinski definition) is 4. The van der Waals surface area contributed by atoms with Crippen LogP contribution in [0.3, 0.4) is 0 Å². The molecule has 0 unspecified atom stereocenters. The van der Waals surface area contributed by atoms with Crippen molar-refractivity contribution in [3.8, 4) is 0 Å². The first-order chi connectivity index (χ1) is 16.7. The number of rotatable bonds is 10. The van der Waals surface area contributed by atoms with Gasteiger partial charge < -0.3 is 10.2 Å². The second kappa shape index (κ2) is 11.6. The SMILES string of the molecule is CCNC(=O)[C@@H](CC)N(Cc1ccc(Cl)cc1)C(=O)CN(c1cccc2ccccc12)S(C)(=O)=O. The van der Waals surface area contributed by atoms with Gasteiger partial charge in [-0.1, -0.05) is 67.1 Å². The van der Waals surface area contributed by atoms with Crippen LogP contribution < -0.4 is 9.62 Å². The van der Waals surface area contributed by atoms with Crippen LogP contribution in [0.4, 0.5) is 5.69 Å². The normalized spacial score (nSPS) is 12.2. The van der Waals surface area contributed by atoms with Gasteiger partial charge in [0.25, 0.3) is 0 Å². The van der Waals surface area contributed by atoms with Crippen molar-refractivity contribution >= 4 is 49.9 Å². The van der Waals surface area contributed by atoms with Crippen molar-refractivity contribution in [1.29, 1.82) is 0 Å². The van der Waals surface area contributed by atoms with Crippen LogP contribution >= 0.6 is 11.6 Å². The fourth-order valence-electron chi connectivity index (χ4n) is 4.02. The number of halogens is 1. The first-order valence-electron chi connectivity index (χ1n) is 11.4. The van der Waals surface area contributed by atoms with Crippen molar-refractivity contribution in [2.45, 2.75) is 32.9 Å². The van der Waals surface area contributed by atoms with Crippen molar-refractivity contribution in [2.75, 3.05) is 23.7 Å². The molecule has 0 aliphatic rings. The highest BCUT2D eigenvalue weighted by Gasteiger charge is 2.32. The van der Waals surface area contributed by atoms with Crippen LogP contribution in [0.5, 0.6) is 0 Å². The highest BCUT2D eigenvalue weighted by Crippen LogP contribution is 2.29. The third-order valence-electron chi connectivity index (χ3n) is 5.72. The molecule has 0 spiro atoms. The Bertz CT molecular complexity index is 1290. The molecule has 0 heterocycles. The summed E-state index contributed by atoms with van der Waals surface area (Å²) in [6.07, 6.45) is 1.45. The van der Waals surface area contributed by atoms with E-state index in [1.54, 1.807) is 36.4 Å². The number of fused-ring (bicyclic) bond motifs is 1. The minimum absolute atomic E-state index is 0.138. The van der Waals surface area contributed by atoms with E-state index in [0.717, 1.165) is 21.5 Å². The van der Waals surface area contributed by atoms with E-state index in [4.69, 9.17) is 11.6 Å². The second-order valence-corrected chi connectivity index (χ2v) is 10.6. The van der Waals surface area contributed by atoms with E-state index in [9.17, 15) is 18.0 Å². The van der Waals surface area contributed by atoms with Crippen molar-refractivity contribution in [3.05, 3.63) is 77.3 Å². The third-order valence-corrected chi connectivity index (χ3v) is 7.10. The number of benzene rings is 3. The topological polar surface area (TPSA) is 86.8 Å². The van der Waals surface area contributed by atoms with Gasteiger partial charge in [-0.3, -0.25) is 13.9 Å². The molecular weight excluding hydrogens is 486 g/mol. The van der Waals surface area contributed by atoms with E-state index in [2.05, 4.69) is 5.32 Å². The number of nitrogens with zero attached hydrogens (tertiary/aromatic N) is 2. The lowest BCUT2D eigenvalue weighted by molar-refractivity contribution is -0.140. The molecule has 3 aromatic carbocycles. The molecule has 0 aromatic heterocycles. The zero-order valence-corrected chi connectivity index (χ0v) is 21.6. The number of sulfonamides is 1. The molecule has 1 atom stereocenters. The van der Waals surface area contributed by atoms with Gasteiger partial charge in [-0.15, -0.1) is 0 Å². The standard InChI is InChI=1S/C26H30ClN3O4S/c1-4-23(26(32)28-5-2)29(17-19-13-15-21(27)16-14-19)25(31)18-30(35(3,33)34)24-12-8-10-20-9-6-7-11-22(20)24/h6-16,23H,4-5,17-18H2,1-3H3,(H,28,32)/t23-/m1/s1. The lowest BCUT2D eigenvalue weighted by Crippen LogP contribution is -2.52. The highest BCUT2D eigenvalue weighted by atomic mass is 35.5. The molecule has 0 aliphatic carbocycles. The van der Waals surface area contributed by atoms with E-state index < -0.39 is 28.5 Å². The lowest BCUT2D eigenvalue weighted by atomic mass is 10.1. The van der Waals surface area contributed by atoms with Gasteiger partial charge >= 0.3 is 0 Å². The monoisotopic (exact) mass is 515 g/mol. The average Bonchev–Trinajstić information content (AvgIpc) is 2.82. The van der Waals surface area contributed by atoms with E-state index in [-0.39, 0.29) is 12.5 Å². The van der Waals surface area contributed by atoms with Crippen molar-refractivity contribution < 1.29 is 18.0 Å². The molecule has 0 saturated carbocycles. The maximum absolute atomic E-state index is 13.7. The summed E-state index contributed by atoms with van der Waals surface area (Å²) in [4.78, 5) is 28.0. The van der Waals surface area contributed by atoms with Crippen LogP contribution in [0.25, 0.3) is 10.8 Å². The zero-order valence-electron chi connectivity index (χ0n) is 20.1. The third kappa shape index (κ3) is 6.52. The van der Waals surface area contributed by atoms with E-state index in [0.29, 0.717) is 29.1 Å². The van der Waals surface area contributed by atoms with Crippen LogP contribution in [0.1, 0.15) is 25.8 Å². The first kappa shape index (κ1) is 26.5. The fraction of sp³-hybridized carbons (Fsp3) is 0.308. The Morgan fingerprint density at radius 1 is 0.971 bits per heavy atom. The number of carbonyl (C=O) groups excluding carboxylic acids is 2. The molecule has 186 valence electrons. The number of likely N-dealkylation sites (N-methyl/N-ethyl adjacent to an activating group) is 1. The van der Waals surface area contributed by atoms with Gasteiger partial charge in [-0.25, -0.2) is 8.42 Å². The van der Waals surface area contributed by atoms with E-state index in [1.165, 1.54) is 4.90 Å². The van der Waals surface area contributed by atoms with Gasteiger partial charge in [0.05, 0.1) is 11.9 Å². The Morgan fingerprint density at radius 2 is 1.63 bits per heavy atom. The molecule has 0 radical (unpaired) electrons. The minimum atomic E-state index is -3.81. The smallest absolute Gasteiger partial charge is 0.244 e. The Morgan fingerprint density at radius 3 is 2.26 bits per heavy atom. The van der Waals surface area contributed by atoms with E-state index in [1.807, 2.05) is 44.2 Å². The lowest BCUT2D eigenvalue weighted by Gasteiger charge is -2.33. The minimum Gasteiger partial charge on any atom is -0.355 e. The molecule has 0 aliphatic heterocycles. The summed E-state index contributed by atoms with van der Waals surface area (Å²) in [6, 6.07) is 19.0. The van der Waals surface area contributed by atoms with Gasteiger partial charge in [-0.2, -0.15) is 0 Å². The van der Waals surface area contributed by atoms with Crippen LogP contribution in [0, 0.1) is 0 Å². The van der Waals surface area contributed by atoms with Crippen LogP contribution in [-0.2, 0) is 26.2 Å². The van der Waals surface area contributed by atoms with E-state index >= 15 is 0 Å². The molecule has 35 heavy (non-hydrogen) atoms. The summed E-state index contributed by atoms with van der Waals surface area (Å²) in [5, 5.41) is 4.91. The number of hydrogen-bond donors (Lipinski definition) is 1. The first-order valence-corrected chi connectivity index (χ1v) is 13.7. The Hall–Kier alpha value is -3.10. The van der Waals surface area contributed by atoms with Crippen molar-refractivity contribution in [1.82, 2.24) is 10.2 Å². The fourth-order valence-corrected chi connectivity index (χ4v) is 5.01. The Balaban J connectivity index is 2.02. The molecule has 2 amide bonds. The molecule has 0 bridgehead atoms. The van der Waals surface area contributed by atoms with Gasteiger partial charge in [-0.05, 0) is 42.5 Å². The second-order valence-electron chi connectivity index (χ2n) is 8.23. The Labute approximate surface area is 211 Å². The summed E-state index contributed by atoms with van der Waals surface area (Å²) in [6.45, 7) is 3.75. The largest absolute Gasteiger partial charge is 0.355 e. The number of carbonyl (C=O) groups is 2. The highest BCUT2D eigenvalue weighted by molar-refractivity contribution is 7.92. The number of nitrogens with one attached hydrogen (secondary N) is 1. The summed E-state index contributed by atoms with van der Waals surface area (Å²) in [5.74, 6) is -0.759. The van der Waals surface area contributed by atoms with Crippen LogP contribution in [-0.4, -0.2) is 50.5 Å². The van der Waals surface area contributed by atoms with Crippen LogP contribution in [0.2, 0.25) is 5.02 Å². The van der Waals surface area contributed by atoms with Crippen molar-refractivity contribution in [3.63, 3.8) is 0 Å². The average molecular weight is 516 g/mol. The maximum Gasteiger partial charge on any atom is 0.244 e. The molecule has 0 saturated heterocycles. The molecule has 9 heteroatoms. The summed E-state index contributed by atoms with van der Waals surface area (Å²) >= 11 is 6.01. The molecule has 0 fully saturated rings. The van der Waals surface area contributed by atoms with Crippen molar-refractivity contribution in [2.24, 2.45) is 0 Å². The molecule has 7 nitrogen and oxygen atoms in total. The molecule has 3 aromatic rings. The zero-order chi connectivity index (χ0) is 25.6. The maximum atomic E-state index is 13.7. The van der Waals surface area contributed by atoms with Gasteiger partial charge in [0.2, 0.25) is 21.8 Å². The predicted molar refractivity (Wildman–Crippen MR) is 141 cm³/mol. The molecule has 3 rings (SSSR count).